The van der Waals surface area contributed by atoms with Gasteiger partial charge in [-0.2, -0.15) is 4.98 Å². The van der Waals surface area contributed by atoms with Gasteiger partial charge >= 0.3 is 0 Å². The van der Waals surface area contributed by atoms with Crippen LogP contribution in [0.15, 0.2) is 6.07 Å². The van der Waals surface area contributed by atoms with Crippen molar-refractivity contribution in [3.63, 3.8) is 0 Å². The fourth-order valence-corrected chi connectivity index (χ4v) is 2.01. The van der Waals surface area contributed by atoms with E-state index in [0.717, 1.165) is 30.4 Å². The third-order valence-electron chi connectivity index (χ3n) is 3.36. The maximum atomic E-state index is 4.58. The van der Waals surface area contributed by atoms with Crippen molar-refractivity contribution < 1.29 is 0 Å². The Morgan fingerprint density at radius 2 is 2.18 bits per heavy atom. The molecule has 1 aromatic rings. The van der Waals surface area contributed by atoms with Gasteiger partial charge in [-0.3, -0.25) is 0 Å². The van der Waals surface area contributed by atoms with Gasteiger partial charge in [-0.1, -0.05) is 6.92 Å². The first-order valence-electron chi connectivity index (χ1n) is 6.53. The number of rotatable bonds is 5. The highest BCUT2D eigenvalue weighted by Gasteiger charge is 2.23. The minimum atomic E-state index is 0.670. The van der Waals surface area contributed by atoms with E-state index in [2.05, 4.69) is 40.2 Å². The molecule has 0 aromatic carbocycles. The van der Waals surface area contributed by atoms with Crippen LogP contribution >= 0.6 is 0 Å². The number of hydrogen-bond acceptors (Lipinski definition) is 4. The SMILES string of the molecule is CCCNc1nc(C)cc(N(C)C2CCC2)n1. The van der Waals surface area contributed by atoms with E-state index in [1.165, 1.54) is 19.3 Å². The van der Waals surface area contributed by atoms with Crippen LogP contribution in [0.4, 0.5) is 11.8 Å². The third-order valence-corrected chi connectivity index (χ3v) is 3.36. The number of nitrogens with zero attached hydrogens (tertiary/aromatic N) is 3. The van der Waals surface area contributed by atoms with Gasteiger partial charge in [0.05, 0.1) is 0 Å². The summed E-state index contributed by atoms with van der Waals surface area (Å²) in [4.78, 5) is 11.3. The molecule has 1 aliphatic carbocycles. The number of aromatic nitrogens is 2. The first-order valence-corrected chi connectivity index (χ1v) is 6.53. The van der Waals surface area contributed by atoms with Gasteiger partial charge in [-0.05, 0) is 32.6 Å². The topological polar surface area (TPSA) is 41.1 Å². The molecule has 1 fully saturated rings. The molecule has 1 saturated carbocycles. The van der Waals surface area contributed by atoms with Gasteiger partial charge in [-0.15, -0.1) is 0 Å². The summed E-state index contributed by atoms with van der Waals surface area (Å²) >= 11 is 0. The van der Waals surface area contributed by atoms with Crippen molar-refractivity contribution >= 4 is 11.8 Å². The van der Waals surface area contributed by atoms with Gasteiger partial charge < -0.3 is 10.2 Å². The molecule has 0 saturated heterocycles. The fourth-order valence-electron chi connectivity index (χ4n) is 2.01. The normalized spacial score (nSPS) is 15.5. The Kier molecular flexibility index (Phi) is 3.82. The minimum Gasteiger partial charge on any atom is -0.357 e. The second kappa shape index (κ2) is 5.34. The summed E-state index contributed by atoms with van der Waals surface area (Å²) < 4.78 is 0. The average Bonchev–Trinajstić information content (AvgIpc) is 2.23. The summed E-state index contributed by atoms with van der Waals surface area (Å²) in [6, 6.07) is 2.73. The Bertz CT molecular complexity index is 374. The summed E-state index contributed by atoms with van der Waals surface area (Å²) in [5, 5.41) is 3.26. The van der Waals surface area contributed by atoms with E-state index in [1.807, 2.05) is 6.92 Å². The van der Waals surface area contributed by atoms with Crippen molar-refractivity contribution in [2.45, 2.75) is 45.6 Å². The van der Waals surface area contributed by atoms with Crippen LogP contribution in [0.2, 0.25) is 0 Å². The van der Waals surface area contributed by atoms with Crippen LogP contribution in [0.25, 0.3) is 0 Å². The quantitative estimate of drug-likeness (QED) is 0.850. The van der Waals surface area contributed by atoms with Crippen LogP contribution in [0.3, 0.4) is 0 Å². The Balaban J connectivity index is 2.12. The van der Waals surface area contributed by atoms with Crippen molar-refractivity contribution in [2.75, 3.05) is 23.8 Å². The number of hydrogen-bond donors (Lipinski definition) is 1. The number of anilines is 2. The first kappa shape index (κ1) is 12.1. The molecule has 0 aliphatic heterocycles. The average molecular weight is 234 g/mol. The molecule has 0 unspecified atom stereocenters. The summed E-state index contributed by atoms with van der Waals surface area (Å²) in [7, 11) is 2.13. The van der Waals surface area contributed by atoms with E-state index in [9.17, 15) is 0 Å². The third kappa shape index (κ3) is 2.87. The molecule has 4 nitrogen and oxygen atoms in total. The van der Waals surface area contributed by atoms with Crippen LogP contribution in [-0.2, 0) is 0 Å². The summed E-state index contributed by atoms with van der Waals surface area (Å²) in [6.45, 7) is 5.09. The van der Waals surface area contributed by atoms with E-state index in [0.29, 0.717) is 6.04 Å². The Morgan fingerprint density at radius 3 is 2.76 bits per heavy atom. The lowest BCUT2D eigenvalue weighted by atomic mass is 9.92. The molecule has 94 valence electrons. The molecule has 4 heteroatoms. The van der Waals surface area contributed by atoms with E-state index in [-0.39, 0.29) is 0 Å². The van der Waals surface area contributed by atoms with Crippen molar-refractivity contribution in [2.24, 2.45) is 0 Å². The van der Waals surface area contributed by atoms with Crippen LogP contribution < -0.4 is 10.2 Å². The van der Waals surface area contributed by atoms with Gasteiger partial charge in [0.25, 0.3) is 0 Å². The minimum absolute atomic E-state index is 0.670. The molecule has 0 atom stereocenters. The van der Waals surface area contributed by atoms with Gasteiger partial charge in [-0.25, -0.2) is 4.98 Å². The molecule has 1 heterocycles. The predicted octanol–water partition coefficient (Wildman–Crippen LogP) is 2.60. The van der Waals surface area contributed by atoms with Crippen molar-refractivity contribution in [3.05, 3.63) is 11.8 Å². The zero-order chi connectivity index (χ0) is 12.3. The van der Waals surface area contributed by atoms with E-state index < -0.39 is 0 Å². The van der Waals surface area contributed by atoms with Crippen LogP contribution in [0.5, 0.6) is 0 Å². The molecule has 1 N–H and O–H groups in total. The Labute approximate surface area is 103 Å². The van der Waals surface area contributed by atoms with Crippen molar-refractivity contribution in [1.82, 2.24) is 9.97 Å². The van der Waals surface area contributed by atoms with Crippen LogP contribution in [0.1, 0.15) is 38.3 Å². The molecule has 0 spiro atoms. The smallest absolute Gasteiger partial charge is 0.224 e. The molecular weight excluding hydrogens is 212 g/mol. The predicted molar refractivity (Wildman–Crippen MR) is 71.6 cm³/mol. The molecular formula is C13H22N4. The maximum Gasteiger partial charge on any atom is 0.224 e. The molecule has 1 aromatic heterocycles. The zero-order valence-electron chi connectivity index (χ0n) is 11.0. The molecule has 0 radical (unpaired) electrons. The molecule has 0 bridgehead atoms. The standard InChI is InChI=1S/C13H22N4/c1-4-8-14-13-15-10(2)9-12(16-13)17(3)11-6-5-7-11/h9,11H,4-8H2,1-3H3,(H,14,15,16). The first-order chi connectivity index (χ1) is 8.20. The molecule has 17 heavy (non-hydrogen) atoms. The summed E-state index contributed by atoms with van der Waals surface area (Å²) in [6.07, 6.45) is 5.01. The van der Waals surface area contributed by atoms with Gasteiger partial charge in [0.15, 0.2) is 0 Å². The molecule has 2 rings (SSSR count). The lowest BCUT2D eigenvalue weighted by molar-refractivity contribution is 0.399. The summed E-state index contributed by atoms with van der Waals surface area (Å²) in [5.41, 5.74) is 1.03. The van der Waals surface area contributed by atoms with E-state index in [4.69, 9.17) is 0 Å². The highest BCUT2D eigenvalue weighted by molar-refractivity contribution is 5.45. The summed E-state index contributed by atoms with van der Waals surface area (Å²) in [5.74, 6) is 1.80. The Morgan fingerprint density at radius 1 is 1.41 bits per heavy atom. The van der Waals surface area contributed by atoms with Gasteiger partial charge in [0.2, 0.25) is 5.95 Å². The lowest BCUT2D eigenvalue weighted by Gasteiger charge is -2.35. The van der Waals surface area contributed by atoms with E-state index >= 15 is 0 Å². The molecule has 1 aliphatic rings. The largest absolute Gasteiger partial charge is 0.357 e. The lowest BCUT2D eigenvalue weighted by Crippen LogP contribution is -2.37. The second-order valence-electron chi connectivity index (χ2n) is 4.81. The highest BCUT2D eigenvalue weighted by Crippen LogP contribution is 2.27. The highest BCUT2D eigenvalue weighted by atomic mass is 15.2. The molecule has 0 amide bonds. The van der Waals surface area contributed by atoms with Crippen LogP contribution in [-0.4, -0.2) is 29.6 Å². The van der Waals surface area contributed by atoms with Crippen molar-refractivity contribution in [3.8, 4) is 0 Å². The maximum absolute atomic E-state index is 4.58. The van der Waals surface area contributed by atoms with E-state index in [1.54, 1.807) is 0 Å². The second-order valence-corrected chi connectivity index (χ2v) is 4.81. The number of nitrogens with one attached hydrogen (secondary N) is 1. The fraction of sp³-hybridized carbons (Fsp3) is 0.692. The van der Waals surface area contributed by atoms with Crippen LogP contribution in [0, 0.1) is 6.92 Å². The number of aryl methyl sites for hydroxylation is 1. The van der Waals surface area contributed by atoms with Gasteiger partial charge in [0.1, 0.15) is 5.82 Å². The zero-order valence-corrected chi connectivity index (χ0v) is 11.0. The van der Waals surface area contributed by atoms with Crippen molar-refractivity contribution in [1.29, 1.82) is 0 Å². The monoisotopic (exact) mass is 234 g/mol. The Hall–Kier alpha value is -1.32. The van der Waals surface area contributed by atoms with Gasteiger partial charge in [0, 0.05) is 31.4 Å².